The number of nitrogens with zero attached hydrogens (tertiary/aromatic N) is 1. The lowest BCUT2D eigenvalue weighted by molar-refractivity contribution is -0.115. The summed E-state index contributed by atoms with van der Waals surface area (Å²) >= 11 is 8.83. The van der Waals surface area contributed by atoms with E-state index in [0.717, 1.165) is 10.6 Å². The fourth-order valence-electron chi connectivity index (χ4n) is 1.65. The van der Waals surface area contributed by atoms with Gasteiger partial charge in [-0.2, -0.15) is 0 Å². The van der Waals surface area contributed by atoms with E-state index < -0.39 is 0 Å². The maximum atomic E-state index is 11.9. The van der Waals surface area contributed by atoms with Crippen molar-refractivity contribution in [3.8, 4) is 0 Å². The molecule has 1 N–H and O–H groups in total. The van der Waals surface area contributed by atoms with Crippen molar-refractivity contribution in [2.24, 2.45) is 4.99 Å². The zero-order valence-corrected chi connectivity index (χ0v) is 12.6. The van der Waals surface area contributed by atoms with Crippen LogP contribution in [-0.2, 0) is 4.79 Å². The van der Waals surface area contributed by atoms with E-state index in [1.165, 1.54) is 11.8 Å². The van der Waals surface area contributed by atoms with Crippen LogP contribution < -0.4 is 5.32 Å². The molecular formula is C14H9ClN2OS2. The third-order valence-corrected chi connectivity index (χ3v) is 4.47. The number of halogens is 1. The predicted molar refractivity (Wildman–Crippen MR) is 86.6 cm³/mol. The van der Waals surface area contributed by atoms with E-state index in [2.05, 4.69) is 10.3 Å². The first kappa shape index (κ1) is 13.4. The number of amides is 1. The molecule has 1 saturated heterocycles. The molecule has 1 aliphatic rings. The van der Waals surface area contributed by atoms with Crippen LogP contribution in [0.5, 0.6) is 0 Å². The molecule has 0 spiro atoms. The Morgan fingerprint density at radius 2 is 2.15 bits per heavy atom. The van der Waals surface area contributed by atoms with E-state index in [0.29, 0.717) is 15.1 Å². The second-order valence-corrected chi connectivity index (χ2v) is 6.42. The van der Waals surface area contributed by atoms with Gasteiger partial charge in [0.1, 0.15) is 0 Å². The summed E-state index contributed by atoms with van der Waals surface area (Å²) < 4.78 is 0. The number of carbonyl (C=O) groups excluding carboxylic acids is 1. The third-order valence-electron chi connectivity index (χ3n) is 2.51. The van der Waals surface area contributed by atoms with E-state index in [9.17, 15) is 4.79 Å². The maximum absolute atomic E-state index is 11.9. The Kier molecular flexibility index (Phi) is 3.91. The van der Waals surface area contributed by atoms with Crippen LogP contribution in [0.1, 0.15) is 4.88 Å². The minimum atomic E-state index is -0.121. The van der Waals surface area contributed by atoms with Gasteiger partial charge in [0.05, 0.1) is 10.6 Å². The number of rotatable bonds is 2. The van der Waals surface area contributed by atoms with Crippen molar-refractivity contribution in [1.29, 1.82) is 0 Å². The van der Waals surface area contributed by atoms with Crippen LogP contribution in [0.15, 0.2) is 51.7 Å². The molecule has 100 valence electrons. The number of thiophene rings is 1. The van der Waals surface area contributed by atoms with Crippen molar-refractivity contribution in [2.75, 3.05) is 0 Å². The van der Waals surface area contributed by atoms with Gasteiger partial charge in [-0.1, -0.05) is 23.7 Å². The summed E-state index contributed by atoms with van der Waals surface area (Å²) in [5, 5.41) is 5.92. The number of carbonyl (C=O) groups is 1. The first-order valence-corrected chi connectivity index (χ1v) is 7.87. The van der Waals surface area contributed by atoms with Gasteiger partial charge in [0.2, 0.25) is 0 Å². The summed E-state index contributed by atoms with van der Waals surface area (Å²) in [7, 11) is 0. The van der Waals surface area contributed by atoms with Crippen LogP contribution in [0.3, 0.4) is 0 Å². The maximum Gasteiger partial charge on any atom is 0.264 e. The second kappa shape index (κ2) is 5.83. The smallest absolute Gasteiger partial charge is 0.264 e. The summed E-state index contributed by atoms with van der Waals surface area (Å²) in [4.78, 5) is 17.9. The van der Waals surface area contributed by atoms with Gasteiger partial charge in [0, 0.05) is 9.90 Å². The molecule has 20 heavy (non-hydrogen) atoms. The number of aliphatic imine (C=N–C) groups is 1. The van der Waals surface area contributed by atoms with Crippen LogP contribution in [0, 0.1) is 0 Å². The van der Waals surface area contributed by atoms with E-state index in [4.69, 9.17) is 11.6 Å². The fraction of sp³-hybridized carbons (Fsp3) is 0. The molecule has 3 rings (SSSR count). The molecule has 0 unspecified atom stereocenters. The highest BCUT2D eigenvalue weighted by Gasteiger charge is 2.23. The normalized spacial score (nSPS) is 18.8. The molecule has 6 heteroatoms. The first-order chi connectivity index (χ1) is 9.70. The number of hydrogen-bond acceptors (Lipinski definition) is 4. The summed E-state index contributed by atoms with van der Waals surface area (Å²) in [6.07, 6.45) is 1.87. The molecule has 1 aromatic carbocycles. The van der Waals surface area contributed by atoms with Crippen molar-refractivity contribution in [3.05, 3.63) is 56.6 Å². The highest BCUT2D eigenvalue weighted by atomic mass is 35.5. The molecule has 0 atom stereocenters. The zero-order valence-electron chi connectivity index (χ0n) is 10.2. The molecule has 1 aromatic heterocycles. The molecule has 2 heterocycles. The van der Waals surface area contributed by atoms with Crippen molar-refractivity contribution in [3.63, 3.8) is 0 Å². The summed E-state index contributed by atoms with van der Waals surface area (Å²) in [5.74, 6) is -0.121. The Bertz CT molecular complexity index is 708. The lowest BCUT2D eigenvalue weighted by Gasteiger charge is -1.96. The predicted octanol–water partition coefficient (Wildman–Crippen LogP) is 4.29. The van der Waals surface area contributed by atoms with Crippen molar-refractivity contribution < 1.29 is 4.79 Å². The SMILES string of the molecule is O=C1NC(=Nc2cccc(Cl)c2)S/C1=C\c1cccs1. The van der Waals surface area contributed by atoms with Crippen molar-refractivity contribution in [2.45, 2.75) is 0 Å². The van der Waals surface area contributed by atoms with E-state index in [1.54, 1.807) is 23.5 Å². The highest BCUT2D eigenvalue weighted by Crippen LogP contribution is 2.29. The standard InChI is InChI=1S/C14H9ClN2OS2/c15-9-3-1-4-10(7-9)16-14-17-13(18)12(20-14)8-11-5-2-6-19-11/h1-8H,(H,16,17,18)/b12-8-. The van der Waals surface area contributed by atoms with Crippen LogP contribution in [-0.4, -0.2) is 11.1 Å². The van der Waals surface area contributed by atoms with Crippen LogP contribution in [0.2, 0.25) is 5.02 Å². The average molecular weight is 321 g/mol. The Hall–Kier alpha value is -1.56. The number of amidine groups is 1. The van der Waals surface area contributed by atoms with Gasteiger partial charge in [0.15, 0.2) is 5.17 Å². The van der Waals surface area contributed by atoms with Gasteiger partial charge in [-0.25, -0.2) is 4.99 Å². The number of benzene rings is 1. The van der Waals surface area contributed by atoms with Gasteiger partial charge >= 0.3 is 0 Å². The molecule has 0 saturated carbocycles. The van der Waals surface area contributed by atoms with Gasteiger partial charge in [-0.05, 0) is 47.5 Å². The minimum absolute atomic E-state index is 0.121. The molecule has 0 bridgehead atoms. The number of nitrogens with one attached hydrogen (secondary N) is 1. The van der Waals surface area contributed by atoms with Crippen molar-refractivity contribution >= 4 is 57.5 Å². The van der Waals surface area contributed by atoms with Gasteiger partial charge in [-0.15, -0.1) is 11.3 Å². The summed E-state index contributed by atoms with van der Waals surface area (Å²) in [6.45, 7) is 0. The van der Waals surface area contributed by atoms with Crippen molar-refractivity contribution in [1.82, 2.24) is 5.32 Å². The summed E-state index contributed by atoms with van der Waals surface area (Å²) in [5.41, 5.74) is 0.720. The average Bonchev–Trinajstić information content (AvgIpc) is 3.01. The quantitative estimate of drug-likeness (QED) is 0.838. The van der Waals surface area contributed by atoms with Gasteiger partial charge in [0.25, 0.3) is 5.91 Å². The molecule has 1 aliphatic heterocycles. The van der Waals surface area contributed by atoms with Gasteiger partial charge < -0.3 is 5.32 Å². The zero-order chi connectivity index (χ0) is 13.9. The topological polar surface area (TPSA) is 41.5 Å². The second-order valence-electron chi connectivity index (χ2n) is 3.98. The number of thioether (sulfide) groups is 1. The molecule has 2 aromatic rings. The Labute approximate surface area is 129 Å². The molecule has 1 amide bonds. The fourth-order valence-corrected chi connectivity index (χ4v) is 3.40. The van der Waals surface area contributed by atoms with E-state index >= 15 is 0 Å². The minimum Gasteiger partial charge on any atom is -0.300 e. The first-order valence-electron chi connectivity index (χ1n) is 5.79. The number of hydrogen-bond donors (Lipinski definition) is 1. The Morgan fingerprint density at radius 1 is 1.25 bits per heavy atom. The molecule has 0 aliphatic carbocycles. The molecule has 0 radical (unpaired) electrons. The van der Waals surface area contributed by atoms with E-state index in [1.807, 2.05) is 35.7 Å². The third kappa shape index (κ3) is 3.12. The molecule has 1 fully saturated rings. The lowest BCUT2D eigenvalue weighted by Crippen LogP contribution is -2.19. The lowest BCUT2D eigenvalue weighted by atomic mass is 10.3. The van der Waals surface area contributed by atoms with Crippen LogP contribution >= 0.6 is 34.7 Å². The Morgan fingerprint density at radius 3 is 2.90 bits per heavy atom. The largest absolute Gasteiger partial charge is 0.300 e. The van der Waals surface area contributed by atoms with Crippen LogP contribution in [0.25, 0.3) is 6.08 Å². The Balaban J connectivity index is 1.83. The van der Waals surface area contributed by atoms with Crippen LogP contribution in [0.4, 0.5) is 5.69 Å². The summed E-state index contributed by atoms with van der Waals surface area (Å²) in [6, 6.07) is 11.1. The molecular weight excluding hydrogens is 312 g/mol. The van der Waals surface area contributed by atoms with E-state index in [-0.39, 0.29) is 5.91 Å². The highest BCUT2D eigenvalue weighted by molar-refractivity contribution is 8.18. The van der Waals surface area contributed by atoms with Gasteiger partial charge in [-0.3, -0.25) is 4.79 Å². The monoisotopic (exact) mass is 320 g/mol. The molecule has 3 nitrogen and oxygen atoms in total.